The molecule has 4 rings (SSSR count). The molecular weight excluding hydrogens is 393 g/mol. The molecule has 5 nitrogen and oxygen atoms in total. The molecule has 0 saturated heterocycles. The number of nitrogens with zero attached hydrogens (tertiary/aromatic N) is 2. The first-order valence-corrected chi connectivity index (χ1v) is 10.5. The van der Waals surface area contributed by atoms with Crippen LogP contribution in [0.4, 0.5) is 21.6 Å². The molecule has 29 heavy (non-hydrogen) atoms. The number of carbonyl (C=O) groups is 1. The van der Waals surface area contributed by atoms with Gasteiger partial charge in [0.25, 0.3) is 0 Å². The second kappa shape index (κ2) is 8.28. The Bertz CT molecular complexity index is 913. The molecule has 0 unspecified atom stereocenters. The van der Waals surface area contributed by atoms with Gasteiger partial charge in [-0.15, -0.1) is 0 Å². The molecule has 1 aromatic heterocycles. The van der Waals surface area contributed by atoms with Crippen molar-refractivity contribution in [1.29, 1.82) is 0 Å². The number of fused-ring (bicyclic) bond motifs is 2. The Morgan fingerprint density at radius 2 is 2.03 bits per heavy atom. The van der Waals surface area contributed by atoms with Crippen LogP contribution in [0.25, 0.3) is 0 Å². The normalized spacial score (nSPS) is 21.2. The van der Waals surface area contributed by atoms with Gasteiger partial charge in [-0.3, -0.25) is 4.79 Å². The van der Waals surface area contributed by atoms with Crippen LogP contribution in [0.15, 0.2) is 30.5 Å². The van der Waals surface area contributed by atoms with Crippen molar-refractivity contribution in [1.82, 2.24) is 4.98 Å². The Balaban J connectivity index is 1.61. The summed E-state index contributed by atoms with van der Waals surface area (Å²) in [7, 11) is 0. The van der Waals surface area contributed by atoms with E-state index >= 15 is 0 Å². The number of ether oxygens (including phenoxy) is 1. The van der Waals surface area contributed by atoms with Crippen molar-refractivity contribution in [2.75, 3.05) is 10.2 Å². The van der Waals surface area contributed by atoms with Gasteiger partial charge in [0, 0.05) is 16.5 Å². The molecule has 1 aliphatic carbocycles. The van der Waals surface area contributed by atoms with Crippen LogP contribution in [0.2, 0.25) is 5.02 Å². The first-order valence-electron chi connectivity index (χ1n) is 10.1. The molecule has 0 bridgehead atoms. The number of hydrogen-bond donors (Lipinski definition) is 1. The van der Waals surface area contributed by atoms with Crippen LogP contribution in [-0.4, -0.2) is 23.1 Å². The number of halogens is 2. The maximum Gasteiger partial charge on any atom is 0.230 e. The number of amides is 1. The number of benzene rings is 1. The van der Waals surface area contributed by atoms with E-state index in [1.165, 1.54) is 12.3 Å². The molecule has 1 saturated carbocycles. The Morgan fingerprint density at radius 1 is 1.28 bits per heavy atom. The molecule has 2 heterocycles. The molecule has 1 aliphatic heterocycles. The SMILES string of the molecule is CC(C)O[C@H]1CC[C@H](C(=O)N2Cc3cc(F)cnc3Nc3ccc(Cl)cc32)CC1. The standard InChI is InChI=1S/C22H25ClFN3O2/c1-13(2)29-18-6-3-14(4-7-18)22(28)27-12-15-9-17(24)11-25-21(15)26-19-8-5-16(23)10-20(19)27/h5,8-11,13-14,18H,3-4,6-7,12H2,1-2H3,(H,25,26)/t14-,18-. The van der Waals surface area contributed by atoms with Crippen LogP contribution < -0.4 is 10.2 Å². The van der Waals surface area contributed by atoms with Crippen molar-refractivity contribution in [2.45, 2.75) is 58.3 Å². The lowest BCUT2D eigenvalue weighted by Gasteiger charge is -2.33. The molecule has 0 atom stereocenters. The zero-order valence-electron chi connectivity index (χ0n) is 16.6. The number of pyridine rings is 1. The van der Waals surface area contributed by atoms with Gasteiger partial charge in [0.05, 0.1) is 36.3 Å². The van der Waals surface area contributed by atoms with Gasteiger partial charge >= 0.3 is 0 Å². The highest BCUT2D eigenvalue weighted by atomic mass is 35.5. The smallest absolute Gasteiger partial charge is 0.230 e. The van der Waals surface area contributed by atoms with E-state index < -0.39 is 5.82 Å². The van der Waals surface area contributed by atoms with Gasteiger partial charge in [-0.1, -0.05) is 11.6 Å². The van der Waals surface area contributed by atoms with Crippen LogP contribution in [0.1, 0.15) is 45.1 Å². The average Bonchev–Trinajstić information content (AvgIpc) is 2.84. The van der Waals surface area contributed by atoms with Crippen LogP contribution in [-0.2, 0) is 16.1 Å². The molecule has 0 radical (unpaired) electrons. The van der Waals surface area contributed by atoms with Gasteiger partial charge < -0.3 is 15.0 Å². The van der Waals surface area contributed by atoms with E-state index in [0.29, 0.717) is 22.1 Å². The summed E-state index contributed by atoms with van der Waals surface area (Å²) >= 11 is 6.23. The summed E-state index contributed by atoms with van der Waals surface area (Å²) in [6, 6.07) is 6.79. The van der Waals surface area contributed by atoms with E-state index in [4.69, 9.17) is 16.3 Å². The Morgan fingerprint density at radius 3 is 2.76 bits per heavy atom. The summed E-state index contributed by atoms with van der Waals surface area (Å²) in [4.78, 5) is 19.4. The minimum Gasteiger partial charge on any atom is -0.376 e. The third-order valence-corrected chi connectivity index (χ3v) is 5.75. The number of nitrogens with one attached hydrogen (secondary N) is 1. The first kappa shape index (κ1) is 20.1. The number of hydrogen-bond acceptors (Lipinski definition) is 4. The summed E-state index contributed by atoms with van der Waals surface area (Å²) in [5, 5.41) is 3.77. The summed E-state index contributed by atoms with van der Waals surface area (Å²) in [6.45, 7) is 4.32. The fourth-order valence-electron chi connectivity index (χ4n) is 4.18. The number of aromatic nitrogens is 1. The van der Waals surface area contributed by atoms with Crippen molar-refractivity contribution in [3.05, 3.63) is 46.9 Å². The van der Waals surface area contributed by atoms with E-state index in [1.807, 2.05) is 19.9 Å². The topological polar surface area (TPSA) is 54.5 Å². The maximum absolute atomic E-state index is 13.8. The van der Waals surface area contributed by atoms with Crippen molar-refractivity contribution >= 4 is 34.7 Å². The molecule has 1 fully saturated rings. The molecule has 2 aromatic rings. The Labute approximate surface area is 175 Å². The fraction of sp³-hybridized carbons (Fsp3) is 0.455. The number of rotatable bonds is 3. The summed E-state index contributed by atoms with van der Waals surface area (Å²) in [5.74, 6) is 0.0833. The molecule has 1 amide bonds. The van der Waals surface area contributed by atoms with Crippen molar-refractivity contribution in [3.63, 3.8) is 0 Å². The van der Waals surface area contributed by atoms with Gasteiger partial charge in [0.2, 0.25) is 5.91 Å². The fourth-order valence-corrected chi connectivity index (χ4v) is 4.35. The predicted octanol–water partition coefficient (Wildman–Crippen LogP) is 5.45. The second-order valence-electron chi connectivity index (χ2n) is 8.03. The van der Waals surface area contributed by atoms with Crippen LogP contribution in [0, 0.1) is 11.7 Å². The molecule has 154 valence electrons. The minimum atomic E-state index is -0.423. The quantitative estimate of drug-likeness (QED) is 0.721. The Hall–Kier alpha value is -2.18. The van der Waals surface area contributed by atoms with Crippen LogP contribution in [0.3, 0.4) is 0 Å². The summed E-state index contributed by atoms with van der Waals surface area (Å²) < 4.78 is 19.7. The van der Waals surface area contributed by atoms with Crippen molar-refractivity contribution < 1.29 is 13.9 Å². The highest BCUT2D eigenvalue weighted by Gasteiger charge is 2.33. The van der Waals surface area contributed by atoms with E-state index in [9.17, 15) is 9.18 Å². The largest absolute Gasteiger partial charge is 0.376 e. The average molecular weight is 418 g/mol. The zero-order chi connectivity index (χ0) is 20.5. The minimum absolute atomic E-state index is 0.0374. The van der Waals surface area contributed by atoms with E-state index in [2.05, 4.69) is 10.3 Å². The third-order valence-electron chi connectivity index (χ3n) is 5.52. The highest BCUT2D eigenvalue weighted by Crippen LogP contribution is 2.39. The van der Waals surface area contributed by atoms with Crippen LogP contribution in [0.5, 0.6) is 0 Å². The van der Waals surface area contributed by atoms with Gasteiger partial charge in [0.15, 0.2) is 0 Å². The van der Waals surface area contributed by atoms with E-state index in [-0.39, 0.29) is 30.6 Å². The first-order chi connectivity index (χ1) is 13.9. The van der Waals surface area contributed by atoms with Gasteiger partial charge in [-0.05, 0) is 63.8 Å². The Kier molecular flexibility index (Phi) is 5.74. The monoisotopic (exact) mass is 417 g/mol. The lowest BCUT2D eigenvalue weighted by molar-refractivity contribution is -0.124. The lowest BCUT2D eigenvalue weighted by Crippen LogP contribution is -2.38. The highest BCUT2D eigenvalue weighted by molar-refractivity contribution is 6.31. The molecule has 1 aromatic carbocycles. The van der Waals surface area contributed by atoms with Crippen molar-refractivity contribution in [3.8, 4) is 0 Å². The summed E-state index contributed by atoms with van der Waals surface area (Å²) in [5.41, 5.74) is 2.07. The zero-order valence-corrected chi connectivity index (χ0v) is 17.4. The van der Waals surface area contributed by atoms with Crippen LogP contribution >= 0.6 is 11.6 Å². The number of carbonyl (C=O) groups excluding carboxylic acids is 1. The van der Waals surface area contributed by atoms with Gasteiger partial charge in [0.1, 0.15) is 11.6 Å². The van der Waals surface area contributed by atoms with Gasteiger partial charge in [-0.2, -0.15) is 0 Å². The third kappa shape index (κ3) is 4.38. The second-order valence-corrected chi connectivity index (χ2v) is 8.47. The summed E-state index contributed by atoms with van der Waals surface area (Å²) in [6.07, 6.45) is 4.89. The molecule has 2 aliphatic rings. The van der Waals surface area contributed by atoms with E-state index in [1.54, 1.807) is 17.0 Å². The number of anilines is 3. The molecule has 7 heteroatoms. The van der Waals surface area contributed by atoms with Crippen molar-refractivity contribution in [2.24, 2.45) is 5.92 Å². The molecule has 1 N–H and O–H groups in total. The van der Waals surface area contributed by atoms with E-state index in [0.717, 1.165) is 31.4 Å². The molecule has 0 spiro atoms. The van der Waals surface area contributed by atoms with Gasteiger partial charge in [-0.25, -0.2) is 9.37 Å². The predicted molar refractivity (Wildman–Crippen MR) is 112 cm³/mol. The lowest BCUT2D eigenvalue weighted by atomic mass is 9.86. The maximum atomic E-state index is 13.8. The molecular formula is C22H25ClFN3O2.